The zero-order valence-corrected chi connectivity index (χ0v) is 14.4. The number of ether oxygens (including phenoxy) is 1. The van der Waals surface area contributed by atoms with Crippen molar-refractivity contribution in [2.75, 3.05) is 26.7 Å². The molecular weight excluding hydrogens is 308 g/mol. The molecule has 0 aliphatic carbocycles. The summed E-state index contributed by atoms with van der Waals surface area (Å²) in [6, 6.07) is 16.3. The predicted molar refractivity (Wildman–Crippen MR) is 97.1 cm³/mol. The highest BCUT2D eigenvalue weighted by molar-refractivity contribution is 6.32. The van der Waals surface area contributed by atoms with Gasteiger partial charge < -0.3 is 15.4 Å². The lowest BCUT2D eigenvalue weighted by molar-refractivity contribution is 0.259. The molecule has 23 heavy (non-hydrogen) atoms. The van der Waals surface area contributed by atoms with Gasteiger partial charge in [-0.3, -0.25) is 0 Å². The molecule has 4 heteroatoms. The molecule has 124 valence electrons. The van der Waals surface area contributed by atoms with E-state index < -0.39 is 0 Å². The Morgan fingerprint density at radius 3 is 2.43 bits per heavy atom. The van der Waals surface area contributed by atoms with Gasteiger partial charge in [0.15, 0.2) is 0 Å². The highest BCUT2D eigenvalue weighted by Crippen LogP contribution is 2.23. The van der Waals surface area contributed by atoms with E-state index in [-0.39, 0.29) is 0 Å². The summed E-state index contributed by atoms with van der Waals surface area (Å²) < 4.78 is 5.71. The monoisotopic (exact) mass is 332 g/mol. The molecule has 0 saturated heterocycles. The van der Waals surface area contributed by atoms with Crippen LogP contribution in [-0.2, 0) is 13.0 Å². The van der Waals surface area contributed by atoms with Crippen LogP contribution in [0.1, 0.15) is 17.5 Å². The third-order valence-electron chi connectivity index (χ3n) is 3.69. The minimum atomic E-state index is 0.665. The van der Waals surface area contributed by atoms with Crippen LogP contribution in [0.5, 0.6) is 5.75 Å². The Morgan fingerprint density at radius 2 is 1.74 bits per heavy atom. The van der Waals surface area contributed by atoms with Crippen molar-refractivity contribution < 1.29 is 4.74 Å². The van der Waals surface area contributed by atoms with Crippen molar-refractivity contribution >= 4 is 11.6 Å². The van der Waals surface area contributed by atoms with Crippen LogP contribution in [0.15, 0.2) is 48.5 Å². The van der Waals surface area contributed by atoms with E-state index in [4.69, 9.17) is 22.1 Å². The average molecular weight is 333 g/mol. The van der Waals surface area contributed by atoms with Crippen LogP contribution < -0.4 is 10.5 Å². The third kappa shape index (κ3) is 6.22. The number of rotatable bonds is 9. The highest BCUT2D eigenvalue weighted by atomic mass is 35.5. The minimum Gasteiger partial charge on any atom is -0.492 e. The summed E-state index contributed by atoms with van der Waals surface area (Å²) in [5, 5.41) is 0.665. The molecule has 2 rings (SSSR count). The Balaban J connectivity index is 1.68. The van der Waals surface area contributed by atoms with E-state index in [1.165, 1.54) is 11.1 Å². The molecule has 0 radical (unpaired) electrons. The summed E-state index contributed by atoms with van der Waals surface area (Å²) >= 11 is 6.06. The van der Waals surface area contributed by atoms with E-state index >= 15 is 0 Å². The smallest absolute Gasteiger partial charge is 0.137 e. The van der Waals surface area contributed by atoms with Gasteiger partial charge in [0, 0.05) is 13.1 Å². The van der Waals surface area contributed by atoms with Crippen molar-refractivity contribution in [3.8, 4) is 5.75 Å². The van der Waals surface area contributed by atoms with E-state index in [0.29, 0.717) is 18.2 Å². The van der Waals surface area contributed by atoms with E-state index in [1.54, 1.807) is 0 Å². The lowest BCUT2D eigenvalue weighted by Crippen LogP contribution is -2.20. The molecule has 0 aliphatic heterocycles. The van der Waals surface area contributed by atoms with Crippen molar-refractivity contribution in [2.45, 2.75) is 19.4 Å². The molecular formula is C19H25ClN2O. The number of benzene rings is 2. The maximum Gasteiger partial charge on any atom is 0.137 e. The first-order valence-corrected chi connectivity index (χ1v) is 8.40. The number of nitrogens with zero attached hydrogens (tertiary/aromatic N) is 1. The molecule has 0 bridgehead atoms. The minimum absolute atomic E-state index is 0.665. The van der Waals surface area contributed by atoms with Crippen molar-refractivity contribution in [1.82, 2.24) is 4.90 Å². The van der Waals surface area contributed by atoms with E-state index in [9.17, 15) is 0 Å². The SMILES string of the molecule is CN(CCCOc1ccccc1Cl)Cc1ccc(CCN)cc1. The van der Waals surface area contributed by atoms with Crippen molar-refractivity contribution in [1.29, 1.82) is 0 Å². The second-order valence-corrected chi connectivity index (χ2v) is 6.13. The first-order valence-electron chi connectivity index (χ1n) is 8.03. The second kappa shape index (κ2) is 9.56. The van der Waals surface area contributed by atoms with Gasteiger partial charge in [-0.1, -0.05) is 48.0 Å². The maximum absolute atomic E-state index is 6.06. The van der Waals surface area contributed by atoms with E-state index in [2.05, 4.69) is 36.2 Å². The van der Waals surface area contributed by atoms with Crippen molar-refractivity contribution in [3.63, 3.8) is 0 Å². The summed E-state index contributed by atoms with van der Waals surface area (Å²) in [5.74, 6) is 0.757. The Morgan fingerprint density at radius 1 is 1.04 bits per heavy atom. The van der Waals surface area contributed by atoms with Crippen LogP contribution >= 0.6 is 11.6 Å². The Bertz CT molecular complexity index is 586. The molecule has 0 atom stereocenters. The summed E-state index contributed by atoms with van der Waals surface area (Å²) in [7, 11) is 2.13. The van der Waals surface area contributed by atoms with E-state index in [1.807, 2.05) is 24.3 Å². The lowest BCUT2D eigenvalue weighted by atomic mass is 10.1. The molecule has 0 aromatic heterocycles. The quantitative estimate of drug-likeness (QED) is 0.711. The summed E-state index contributed by atoms with van der Waals surface area (Å²) in [6.07, 6.45) is 1.91. The Kier molecular flexibility index (Phi) is 7.40. The first-order chi connectivity index (χ1) is 11.2. The first kappa shape index (κ1) is 17.8. The summed E-state index contributed by atoms with van der Waals surface area (Å²) in [6.45, 7) is 3.29. The Labute approximate surface area is 144 Å². The van der Waals surface area contributed by atoms with Gasteiger partial charge in [-0.25, -0.2) is 0 Å². The molecule has 0 unspecified atom stereocenters. The third-order valence-corrected chi connectivity index (χ3v) is 4.00. The second-order valence-electron chi connectivity index (χ2n) is 5.73. The number of para-hydroxylation sites is 1. The summed E-state index contributed by atoms with van der Waals surface area (Å²) in [4.78, 5) is 2.30. The van der Waals surface area contributed by atoms with Gasteiger partial charge in [-0.05, 0) is 49.7 Å². The Hall–Kier alpha value is -1.55. The van der Waals surface area contributed by atoms with E-state index in [0.717, 1.165) is 31.7 Å². The van der Waals surface area contributed by atoms with Gasteiger partial charge in [-0.2, -0.15) is 0 Å². The largest absolute Gasteiger partial charge is 0.492 e. The van der Waals surface area contributed by atoms with Gasteiger partial charge in [0.1, 0.15) is 5.75 Å². The van der Waals surface area contributed by atoms with Crippen LogP contribution in [-0.4, -0.2) is 31.6 Å². The summed E-state index contributed by atoms with van der Waals surface area (Å²) in [5.41, 5.74) is 8.19. The van der Waals surface area contributed by atoms with Crippen molar-refractivity contribution in [3.05, 3.63) is 64.7 Å². The van der Waals surface area contributed by atoms with Crippen LogP contribution in [0.25, 0.3) is 0 Å². The fraction of sp³-hybridized carbons (Fsp3) is 0.368. The van der Waals surface area contributed by atoms with Crippen LogP contribution in [0.2, 0.25) is 5.02 Å². The fourth-order valence-electron chi connectivity index (χ4n) is 2.45. The number of nitrogens with two attached hydrogens (primary N) is 1. The van der Waals surface area contributed by atoms with Crippen LogP contribution in [0.3, 0.4) is 0 Å². The standard InChI is InChI=1S/C19H25ClN2O/c1-22(15-17-9-7-16(8-10-17)11-12-21)13-4-14-23-19-6-3-2-5-18(19)20/h2-3,5-10H,4,11-15,21H2,1H3. The molecule has 0 spiro atoms. The zero-order valence-electron chi connectivity index (χ0n) is 13.7. The molecule has 0 aliphatic rings. The topological polar surface area (TPSA) is 38.5 Å². The predicted octanol–water partition coefficient (Wildman–Crippen LogP) is 3.74. The highest BCUT2D eigenvalue weighted by Gasteiger charge is 2.03. The van der Waals surface area contributed by atoms with Gasteiger partial charge in [-0.15, -0.1) is 0 Å². The number of halogens is 1. The molecule has 2 aromatic carbocycles. The molecule has 0 saturated carbocycles. The molecule has 2 N–H and O–H groups in total. The molecule has 0 heterocycles. The normalized spacial score (nSPS) is 11.0. The van der Waals surface area contributed by atoms with Crippen molar-refractivity contribution in [2.24, 2.45) is 5.73 Å². The van der Waals surface area contributed by atoms with Gasteiger partial charge >= 0.3 is 0 Å². The molecule has 2 aromatic rings. The van der Waals surface area contributed by atoms with Gasteiger partial charge in [0.25, 0.3) is 0 Å². The van der Waals surface area contributed by atoms with Gasteiger partial charge in [0.2, 0.25) is 0 Å². The number of hydrogen-bond donors (Lipinski definition) is 1. The fourth-order valence-corrected chi connectivity index (χ4v) is 2.64. The lowest BCUT2D eigenvalue weighted by Gasteiger charge is -2.17. The average Bonchev–Trinajstić information content (AvgIpc) is 2.55. The number of hydrogen-bond acceptors (Lipinski definition) is 3. The van der Waals surface area contributed by atoms with Crippen LogP contribution in [0, 0.1) is 0 Å². The van der Waals surface area contributed by atoms with Gasteiger partial charge in [0.05, 0.1) is 11.6 Å². The molecule has 3 nitrogen and oxygen atoms in total. The molecule has 0 fully saturated rings. The van der Waals surface area contributed by atoms with Crippen LogP contribution in [0.4, 0.5) is 0 Å². The maximum atomic E-state index is 6.06. The zero-order chi connectivity index (χ0) is 16.5. The molecule has 0 amide bonds.